The van der Waals surface area contributed by atoms with Gasteiger partial charge in [0.25, 0.3) is 5.91 Å². The Hall–Kier alpha value is -2.35. The molecule has 1 amide bonds. The van der Waals surface area contributed by atoms with E-state index in [2.05, 4.69) is 10.3 Å². The van der Waals surface area contributed by atoms with Crippen LogP contribution in [-0.4, -0.2) is 16.9 Å². The van der Waals surface area contributed by atoms with Crippen molar-refractivity contribution < 1.29 is 9.18 Å². The average molecular weight is 243 g/mol. The summed E-state index contributed by atoms with van der Waals surface area (Å²) in [5, 5.41) is 12.2. The minimum Gasteiger partial charge on any atom is -0.350 e. The first-order valence-electron chi connectivity index (χ1n) is 5.71. The summed E-state index contributed by atoms with van der Waals surface area (Å²) in [6.07, 6.45) is 2.01. The quantitative estimate of drug-likeness (QED) is 0.847. The van der Waals surface area contributed by atoms with Gasteiger partial charge >= 0.3 is 0 Å². The first-order valence-corrected chi connectivity index (χ1v) is 5.71. The van der Waals surface area contributed by atoms with Crippen LogP contribution < -0.4 is 5.32 Å². The minimum absolute atomic E-state index is 0.0331. The van der Waals surface area contributed by atoms with Crippen LogP contribution >= 0.6 is 0 Å². The molecule has 1 aromatic carbocycles. The molecule has 1 aliphatic carbocycles. The van der Waals surface area contributed by atoms with Gasteiger partial charge in [0.15, 0.2) is 0 Å². The van der Waals surface area contributed by atoms with Gasteiger partial charge in [-0.05, 0) is 31.0 Å². The SMILES string of the molecule is N#Cc1c(F)ccc2[nH]c(C(=O)NC3CC3)cc12. The molecule has 0 unspecified atom stereocenters. The molecule has 0 atom stereocenters. The van der Waals surface area contributed by atoms with Crippen molar-refractivity contribution in [2.45, 2.75) is 18.9 Å². The molecule has 1 aromatic heterocycles. The number of hydrogen-bond donors (Lipinski definition) is 2. The summed E-state index contributed by atoms with van der Waals surface area (Å²) in [6.45, 7) is 0. The summed E-state index contributed by atoms with van der Waals surface area (Å²) >= 11 is 0. The number of rotatable bonds is 2. The summed E-state index contributed by atoms with van der Waals surface area (Å²) < 4.78 is 13.4. The summed E-state index contributed by atoms with van der Waals surface area (Å²) in [5.41, 5.74) is 0.919. The van der Waals surface area contributed by atoms with Gasteiger partial charge in [-0.1, -0.05) is 0 Å². The number of hydrogen-bond acceptors (Lipinski definition) is 2. The Bertz CT molecular complexity index is 679. The number of aromatic nitrogens is 1. The Morgan fingerprint density at radius 2 is 2.28 bits per heavy atom. The first-order chi connectivity index (χ1) is 8.69. The molecule has 1 saturated carbocycles. The van der Waals surface area contributed by atoms with Crippen LogP contribution in [0.3, 0.4) is 0 Å². The van der Waals surface area contributed by atoms with Crippen LogP contribution in [0.15, 0.2) is 18.2 Å². The summed E-state index contributed by atoms with van der Waals surface area (Å²) in [4.78, 5) is 14.7. The van der Waals surface area contributed by atoms with Crippen LogP contribution in [0.4, 0.5) is 4.39 Å². The summed E-state index contributed by atoms with van der Waals surface area (Å²) in [7, 11) is 0. The van der Waals surface area contributed by atoms with Gasteiger partial charge in [-0.3, -0.25) is 4.79 Å². The molecule has 4 nitrogen and oxygen atoms in total. The Labute approximate surface area is 102 Å². The number of carbonyl (C=O) groups is 1. The monoisotopic (exact) mass is 243 g/mol. The predicted molar refractivity (Wildman–Crippen MR) is 63.5 cm³/mol. The maximum absolute atomic E-state index is 13.4. The Morgan fingerprint density at radius 3 is 2.94 bits per heavy atom. The molecule has 0 aliphatic heterocycles. The highest BCUT2D eigenvalue weighted by atomic mass is 19.1. The molecule has 2 N–H and O–H groups in total. The number of amides is 1. The second kappa shape index (κ2) is 3.84. The molecule has 1 heterocycles. The standard InChI is InChI=1S/C13H10FN3O/c14-10-3-4-11-8(9(10)6-15)5-12(17-11)13(18)16-7-1-2-7/h3-5,7,17H,1-2H2,(H,16,18). The lowest BCUT2D eigenvalue weighted by atomic mass is 10.1. The number of H-pyrrole nitrogens is 1. The molecule has 18 heavy (non-hydrogen) atoms. The Balaban J connectivity index is 2.05. The van der Waals surface area contributed by atoms with E-state index >= 15 is 0 Å². The number of halogens is 1. The largest absolute Gasteiger partial charge is 0.350 e. The predicted octanol–water partition coefficient (Wildman–Crippen LogP) is 2.07. The number of aromatic amines is 1. The van der Waals surface area contributed by atoms with E-state index < -0.39 is 5.82 Å². The smallest absolute Gasteiger partial charge is 0.267 e. The summed E-state index contributed by atoms with van der Waals surface area (Å²) in [6, 6.07) is 6.35. The van der Waals surface area contributed by atoms with Crippen molar-refractivity contribution in [1.82, 2.24) is 10.3 Å². The van der Waals surface area contributed by atoms with E-state index in [1.54, 1.807) is 0 Å². The average Bonchev–Trinajstić information content (AvgIpc) is 3.05. The van der Waals surface area contributed by atoms with Crippen molar-refractivity contribution in [3.63, 3.8) is 0 Å². The molecule has 1 aliphatic rings. The highest BCUT2D eigenvalue weighted by molar-refractivity contribution is 5.99. The first kappa shape index (κ1) is 10.8. The molecular weight excluding hydrogens is 233 g/mol. The highest BCUT2D eigenvalue weighted by Gasteiger charge is 2.24. The maximum Gasteiger partial charge on any atom is 0.267 e. The molecule has 0 spiro atoms. The maximum atomic E-state index is 13.4. The van der Waals surface area contributed by atoms with Gasteiger partial charge in [0.05, 0.1) is 5.56 Å². The van der Waals surface area contributed by atoms with Crippen molar-refractivity contribution in [1.29, 1.82) is 5.26 Å². The molecule has 0 radical (unpaired) electrons. The number of benzene rings is 1. The molecule has 3 rings (SSSR count). The zero-order chi connectivity index (χ0) is 12.7. The van der Waals surface area contributed by atoms with Crippen LogP contribution in [0.1, 0.15) is 28.9 Å². The minimum atomic E-state index is -0.571. The van der Waals surface area contributed by atoms with Crippen molar-refractivity contribution in [3.05, 3.63) is 35.3 Å². The van der Waals surface area contributed by atoms with E-state index in [9.17, 15) is 9.18 Å². The van der Waals surface area contributed by atoms with Gasteiger partial charge < -0.3 is 10.3 Å². The van der Waals surface area contributed by atoms with E-state index in [0.717, 1.165) is 12.8 Å². The molecule has 1 fully saturated rings. The van der Waals surface area contributed by atoms with Crippen molar-refractivity contribution in [2.75, 3.05) is 0 Å². The van der Waals surface area contributed by atoms with Crippen LogP contribution in [0.2, 0.25) is 0 Å². The topological polar surface area (TPSA) is 68.7 Å². The van der Waals surface area contributed by atoms with E-state index in [-0.39, 0.29) is 17.5 Å². The molecule has 5 heteroatoms. The second-order valence-corrected chi connectivity index (χ2v) is 4.43. The van der Waals surface area contributed by atoms with E-state index in [1.807, 2.05) is 6.07 Å². The van der Waals surface area contributed by atoms with Gasteiger partial charge in [-0.15, -0.1) is 0 Å². The highest BCUT2D eigenvalue weighted by Crippen LogP contribution is 2.23. The number of carbonyl (C=O) groups excluding carboxylic acids is 1. The molecular formula is C13H10FN3O. The third-order valence-electron chi connectivity index (χ3n) is 3.02. The van der Waals surface area contributed by atoms with E-state index in [1.165, 1.54) is 18.2 Å². The third kappa shape index (κ3) is 1.72. The van der Waals surface area contributed by atoms with Gasteiger partial charge in [-0.25, -0.2) is 4.39 Å². The van der Waals surface area contributed by atoms with Crippen LogP contribution in [0.25, 0.3) is 10.9 Å². The van der Waals surface area contributed by atoms with Crippen molar-refractivity contribution in [2.24, 2.45) is 0 Å². The Morgan fingerprint density at radius 1 is 1.50 bits per heavy atom. The number of nitrogens with zero attached hydrogens (tertiary/aromatic N) is 1. The third-order valence-corrected chi connectivity index (χ3v) is 3.02. The molecule has 2 aromatic rings. The van der Waals surface area contributed by atoms with Crippen LogP contribution in [0, 0.1) is 17.1 Å². The number of nitrogens with one attached hydrogen (secondary N) is 2. The zero-order valence-electron chi connectivity index (χ0n) is 9.46. The lowest BCUT2D eigenvalue weighted by Gasteiger charge is -1.98. The van der Waals surface area contributed by atoms with Gasteiger partial charge in [-0.2, -0.15) is 5.26 Å². The fourth-order valence-electron chi connectivity index (χ4n) is 1.90. The van der Waals surface area contributed by atoms with Crippen LogP contribution in [-0.2, 0) is 0 Å². The zero-order valence-corrected chi connectivity index (χ0v) is 9.46. The molecule has 90 valence electrons. The van der Waals surface area contributed by atoms with E-state index in [0.29, 0.717) is 16.6 Å². The number of nitriles is 1. The number of fused-ring (bicyclic) bond motifs is 1. The van der Waals surface area contributed by atoms with Gasteiger partial charge in [0.1, 0.15) is 17.6 Å². The fraction of sp³-hybridized carbons (Fsp3) is 0.231. The Kier molecular flexibility index (Phi) is 2.30. The van der Waals surface area contributed by atoms with Crippen molar-refractivity contribution in [3.8, 4) is 6.07 Å². The molecule has 0 saturated heterocycles. The lowest BCUT2D eigenvalue weighted by Crippen LogP contribution is -2.25. The second-order valence-electron chi connectivity index (χ2n) is 4.43. The normalized spacial score (nSPS) is 14.4. The summed E-state index contributed by atoms with van der Waals surface area (Å²) in [5.74, 6) is -0.781. The fourth-order valence-corrected chi connectivity index (χ4v) is 1.90. The lowest BCUT2D eigenvalue weighted by molar-refractivity contribution is 0.0947. The van der Waals surface area contributed by atoms with E-state index in [4.69, 9.17) is 5.26 Å². The van der Waals surface area contributed by atoms with Gasteiger partial charge in [0.2, 0.25) is 0 Å². The molecule has 0 bridgehead atoms. The van der Waals surface area contributed by atoms with Crippen molar-refractivity contribution >= 4 is 16.8 Å². The van der Waals surface area contributed by atoms with Crippen LogP contribution in [0.5, 0.6) is 0 Å². The van der Waals surface area contributed by atoms with Gasteiger partial charge in [0, 0.05) is 16.9 Å².